The molecule has 0 saturated carbocycles. The van der Waals surface area contributed by atoms with Gasteiger partial charge in [0, 0.05) is 24.8 Å². The van der Waals surface area contributed by atoms with E-state index >= 15 is 0 Å². The largest absolute Gasteiger partial charge is 0.381 e. The number of nitrogen functional groups attached to an aromatic ring is 1. The molecule has 0 amide bonds. The van der Waals surface area contributed by atoms with Crippen molar-refractivity contribution in [2.45, 2.75) is 18.9 Å². The zero-order valence-electron chi connectivity index (χ0n) is 11.1. The Morgan fingerprint density at radius 3 is 3.05 bits per heavy atom. The fourth-order valence-corrected chi connectivity index (χ4v) is 2.24. The van der Waals surface area contributed by atoms with Crippen LogP contribution in [-0.4, -0.2) is 28.2 Å². The minimum Gasteiger partial charge on any atom is -0.381 e. The van der Waals surface area contributed by atoms with Gasteiger partial charge >= 0.3 is 0 Å². The zero-order chi connectivity index (χ0) is 13.8. The molecule has 1 aliphatic rings. The van der Waals surface area contributed by atoms with Crippen molar-refractivity contribution in [3.8, 4) is 0 Å². The van der Waals surface area contributed by atoms with Crippen LogP contribution < -0.4 is 11.1 Å². The number of hydrogen-bond acceptors (Lipinski definition) is 6. The van der Waals surface area contributed by atoms with Gasteiger partial charge in [0.2, 0.25) is 5.95 Å². The summed E-state index contributed by atoms with van der Waals surface area (Å²) in [7, 11) is 0. The lowest BCUT2D eigenvalue weighted by atomic mass is 10.0. The SMILES string of the molecule is Nc1nc(NCc2ccccn2)cc([C@H]2CCOC2)n1. The lowest BCUT2D eigenvalue weighted by Gasteiger charge is -2.11. The van der Waals surface area contributed by atoms with Crippen LogP contribution in [0.3, 0.4) is 0 Å². The molecule has 20 heavy (non-hydrogen) atoms. The summed E-state index contributed by atoms with van der Waals surface area (Å²) in [4.78, 5) is 12.8. The van der Waals surface area contributed by atoms with E-state index in [0.717, 1.165) is 30.2 Å². The van der Waals surface area contributed by atoms with E-state index in [1.807, 2.05) is 24.3 Å². The van der Waals surface area contributed by atoms with Crippen LogP contribution in [0.4, 0.5) is 11.8 Å². The van der Waals surface area contributed by atoms with E-state index in [0.29, 0.717) is 19.1 Å². The number of nitrogens with two attached hydrogens (primary N) is 1. The molecule has 0 aliphatic carbocycles. The first-order valence-electron chi connectivity index (χ1n) is 6.67. The van der Waals surface area contributed by atoms with Crippen molar-refractivity contribution < 1.29 is 4.74 Å². The van der Waals surface area contributed by atoms with E-state index in [1.165, 1.54) is 0 Å². The molecule has 0 aromatic carbocycles. The maximum absolute atomic E-state index is 5.78. The lowest BCUT2D eigenvalue weighted by Crippen LogP contribution is -2.09. The normalized spacial score (nSPS) is 18.1. The van der Waals surface area contributed by atoms with Gasteiger partial charge in [-0.3, -0.25) is 4.98 Å². The number of pyridine rings is 1. The molecule has 0 bridgehead atoms. The molecule has 3 heterocycles. The summed E-state index contributed by atoms with van der Waals surface area (Å²) >= 11 is 0. The lowest BCUT2D eigenvalue weighted by molar-refractivity contribution is 0.193. The first-order valence-corrected chi connectivity index (χ1v) is 6.67. The Bertz CT molecular complexity index is 569. The van der Waals surface area contributed by atoms with Crippen molar-refractivity contribution in [1.82, 2.24) is 15.0 Å². The van der Waals surface area contributed by atoms with Crippen molar-refractivity contribution in [1.29, 1.82) is 0 Å². The maximum atomic E-state index is 5.78. The van der Waals surface area contributed by atoms with Gasteiger partial charge in [0.05, 0.1) is 24.5 Å². The van der Waals surface area contributed by atoms with Crippen molar-refractivity contribution in [2.24, 2.45) is 0 Å². The Kier molecular flexibility index (Phi) is 3.73. The van der Waals surface area contributed by atoms with E-state index in [9.17, 15) is 0 Å². The number of rotatable bonds is 4. The highest BCUT2D eigenvalue weighted by Gasteiger charge is 2.20. The maximum Gasteiger partial charge on any atom is 0.222 e. The molecule has 6 nitrogen and oxygen atoms in total. The van der Waals surface area contributed by atoms with Gasteiger partial charge in [-0.25, -0.2) is 4.98 Å². The standard InChI is InChI=1S/C14H17N5O/c15-14-18-12(10-4-6-20-9-10)7-13(19-14)17-8-11-3-1-2-5-16-11/h1-3,5,7,10H,4,6,8-9H2,(H3,15,17,18,19)/t10-/m0/s1. The molecule has 1 atom stereocenters. The van der Waals surface area contributed by atoms with E-state index in [2.05, 4.69) is 20.3 Å². The molecule has 2 aromatic rings. The smallest absolute Gasteiger partial charge is 0.222 e. The van der Waals surface area contributed by atoms with E-state index < -0.39 is 0 Å². The van der Waals surface area contributed by atoms with E-state index in [4.69, 9.17) is 10.5 Å². The third-order valence-corrected chi connectivity index (χ3v) is 3.29. The summed E-state index contributed by atoms with van der Waals surface area (Å²) in [6.45, 7) is 2.10. The van der Waals surface area contributed by atoms with Crippen LogP contribution in [0.15, 0.2) is 30.5 Å². The Labute approximate surface area is 117 Å². The van der Waals surface area contributed by atoms with Crippen LogP contribution in [0.25, 0.3) is 0 Å². The van der Waals surface area contributed by atoms with E-state index in [1.54, 1.807) is 6.20 Å². The van der Waals surface area contributed by atoms with Gasteiger partial charge in [0.15, 0.2) is 0 Å². The van der Waals surface area contributed by atoms with Crippen LogP contribution in [-0.2, 0) is 11.3 Å². The summed E-state index contributed by atoms with van der Waals surface area (Å²) in [5, 5.41) is 3.23. The van der Waals surface area contributed by atoms with Crippen LogP contribution in [0.5, 0.6) is 0 Å². The molecule has 1 aliphatic heterocycles. The van der Waals surface area contributed by atoms with Crippen LogP contribution in [0.2, 0.25) is 0 Å². The molecule has 1 saturated heterocycles. The molecule has 1 fully saturated rings. The number of nitrogens with one attached hydrogen (secondary N) is 1. The average Bonchev–Trinajstić information content (AvgIpc) is 3.00. The minimum atomic E-state index is 0.290. The Morgan fingerprint density at radius 1 is 1.35 bits per heavy atom. The Balaban J connectivity index is 1.72. The average molecular weight is 271 g/mol. The third kappa shape index (κ3) is 3.03. The number of ether oxygens (including phenoxy) is 1. The summed E-state index contributed by atoms with van der Waals surface area (Å²) in [6, 6.07) is 7.76. The predicted octanol–water partition coefficient (Wildman–Crippen LogP) is 1.57. The number of aromatic nitrogens is 3. The highest BCUT2D eigenvalue weighted by atomic mass is 16.5. The second kappa shape index (κ2) is 5.83. The van der Waals surface area contributed by atoms with Crippen molar-refractivity contribution in [3.05, 3.63) is 41.9 Å². The quantitative estimate of drug-likeness (QED) is 0.878. The Hall–Kier alpha value is -2.21. The fraction of sp³-hybridized carbons (Fsp3) is 0.357. The fourth-order valence-electron chi connectivity index (χ4n) is 2.24. The van der Waals surface area contributed by atoms with Crippen LogP contribution in [0.1, 0.15) is 23.7 Å². The summed E-state index contributed by atoms with van der Waals surface area (Å²) in [5.74, 6) is 1.33. The molecule has 0 spiro atoms. The molecule has 0 radical (unpaired) electrons. The summed E-state index contributed by atoms with van der Waals surface area (Å²) in [6.07, 6.45) is 2.75. The molecular weight excluding hydrogens is 254 g/mol. The highest BCUT2D eigenvalue weighted by Crippen LogP contribution is 2.25. The number of nitrogens with zero attached hydrogens (tertiary/aromatic N) is 3. The molecule has 104 valence electrons. The van der Waals surface area contributed by atoms with Gasteiger partial charge in [-0.15, -0.1) is 0 Å². The van der Waals surface area contributed by atoms with Gasteiger partial charge in [-0.2, -0.15) is 4.98 Å². The zero-order valence-corrected chi connectivity index (χ0v) is 11.1. The van der Waals surface area contributed by atoms with Gasteiger partial charge in [0.25, 0.3) is 0 Å². The molecule has 2 aromatic heterocycles. The topological polar surface area (TPSA) is 86.0 Å². The molecule has 0 unspecified atom stereocenters. The van der Waals surface area contributed by atoms with Crippen molar-refractivity contribution in [2.75, 3.05) is 24.3 Å². The predicted molar refractivity (Wildman–Crippen MR) is 76.2 cm³/mol. The monoisotopic (exact) mass is 271 g/mol. The number of hydrogen-bond donors (Lipinski definition) is 2. The van der Waals surface area contributed by atoms with Crippen LogP contribution >= 0.6 is 0 Å². The number of anilines is 2. The Morgan fingerprint density at radius 2 is 2.30 bits per heavy atom. The third-order valence-electron chi connectivity index (χ3n) is 3.29. The molecule has 3 rings (SSSR count). The molecule has 3 N–H and O–H groups in total. The second-order valence-corrected chi connectivity index (χ2v) is 4.77. The first-order chi connectivity index (χ1) is 9.81. The first kappa shape index (κ1) is 12.8. The van der Waals surface area contributed by atoms with Gasteiger partial charge in [-0.05, 0) is 18.6 Å². The highest BCUT2D eigenvalue weighted by molar-refractivity contribution is 5.41. The minimum absolute atomic E-state index is 0.290. The van der Waals surface area contributed by atoms with Gasteiger partial charge in [-0.1, -0.05) is 6.07 Å². The van der Waals surface area contributed by atoms with Gasteiger partial charge < -0.3 is 15.8 Å². The van der Waals surface area contributed by atoms with Gasteiger partial charge in [0.1, 0.15) is 5.82 Å². The summed E-state index contributed by atoms with van der Waals surface area (Å²) in [5.41, 5.74) is 7.67. The van der Waals surface area contributed by atoms with Crippen molar-refractivity contribution >= 4 is 11.8 Å². The summed E-state index contributed by atoms with van der Waals surface area (Å²) < 4.78 is 5.39. The van der Waals surface area contributed by atoms with Crippen LogP contribution in [0, 0.1) is 0 Å². The molecule has 6 heteroatoms. The van der Waals surface area contributed by atoms with E-state index in [-0.39, 0.29) is 5.95 Å². The molecular formula is C14H17N5O. The second-order valence-electron chi connectivity index (χ2n) is 4.77. The van der Waals surface area contributed by atoms with Crippen molar-refractivity contribution in [3.63, 3.8) is 0 Å².